The van der Waals surface area contributed by atoms with E-state index in [0.717, 1.165) is 88.6 Å². The van der Waals surface area contributed by atoms with Crippen molar-refractivity contribution in [2.75, 3.05) is 4.90 Å². The first-order chi connectivity index (χ1) is 26.3. The second kappa shape index (κ2) is 11.7. The summed E-state index contributed by atoms with van der Waals surface area (Å²) in [6, 6.07) is 66.8. The van der Waals surface area contributed by atoms with Crippen molar-refractivity contribution in [3.05, 3.63) is 188 Å². The molecule has 0 bridgehead atoms. The molecule has 9 aromatic carbocycles. The standard InChI is InChI=1S/C50H31NO2/c1-3-15-39-33(10-1)12-8-19-45(39)51(37-26-22-32(23-27-37)35-25-28-43-42-17-5-6-20-46(42)52-48(43)31-35)38-14-7-13-36(30-38)40-18-9-21-47-49(40)44-29-24-34-11-2-4-16-41(34)50(44)53-47/h1-31H. The summed E-state index contributed by atoms with van der Waals surface area (Å²) in [7, 11) is 0. The summed E-state index contributed by atoms with van der Waals surface area (Å²) < 4.78 is 12.8. The van der Waals surface area contributed by atoms with E-state index in [2.05, 4.69) is 181 Å². The van der Waals surface area contributed by atoms with Crippen molar-refractivity contribution in [2.24, 2.45) is 0 Å². The summed E-state index contributed by atoms with van der Waals surface area (Å²) in [5.74, 6) is 0. The smallest absolute Gasteiger partial charge is 0.143 e. The van der Waals surface area contributed by atoms with Crippen molar-refractivity contribution in [1.82, 2.24) is 0 Å². The molecule has 0 saturated heterocycles. The highest BCUT2D eigenvalue weighted by Gasteiger charge is 2.19. The van der Waals surface area contributed by atoms with Crippen molar-refractivity contribution < 1.29 is 8.83 Å². The SMILES string of the molecule is c1cc(-c2cccc3oc4c5ccccc5ccc4c23)cc(N(c2ccc(-c3ccc4c(c3)oc3ccccc34)cc2)c2cccc3ccccc23)c1. The molecule has 0 radical (unpaired) electrons. The first-order valence-corrected chi connectivity index (χ1v) is 18.0. The average molecular weight is 678 g/mol. The Kier molecular flexibility index (Phi) is 6.55. The highest BCUT2D eigenvalue weighted by Crippen LogP contribution is 2.44. The van der Waals surface area contributed by atoms with Crippen LogP contribution in [0.15, 0.2) is 197 Å². The number of hydrogen-bond donors (Lipinski definition) is 0. The number of para-hydroxylation sites is 1. The van der Waals surface area contributed by atoms with E-state index in [1.165, 1.54) is 16.2 Å². The van der Waals surface area contributed by atoms with Gasteiger partial charge in [-0.2, -0.15) is 0 Å². The molecule has 0 aliphatic rings. The van der Waals surface area contributed by atoms with Gasteiger partial charge in [-0.3, -0.25) is 0 Å². The van der Waals surface area contributed by atoms with Crippen LogP contribution in [0, 0.1) is 0 Å². The quantitative estimate of drug-likeness (QED) is 0.182. The van der Waals surface area contributed by atoms with Crippen molar-refractivity contribution in [3.63, 3.8) is 0 Å². The summed E-state index contributed by atoms with van der Waals surface area (Å²) in [6.07, 6.45) is 0. The van der Waals surface area contributed by atoms with Gasteiger partial charge in [0.05, 0.1) is 5.69 Å². The van der Waals surface area contributed by atoms with Crippen LogP contribution < -0.4 is 4.90 Å². The highest BCUT2D eigenvalue weighted by atomic mass is 16.3. The fraction of sp³-hybridized carbons (Fsp3) is 0. The third-order valence-corrected chi connectivity index (χ3v) is 10.6. The Morgan fingerprint density at radius 1 is 0.340 bits per heavy atom. The van der Waals surface area contributed by atoms with Gasteiger partial charge in [-0.05, 0) is 93.7 Å². The predicted molar refractivity (Wildman–Crippen MR) is 222 cm³/mol. The molecule has 3 nitrogen and oxygen atoms in total. The van der Waals surface area contributed by atoms with Crippen molar-refractivity contribution in [1.29, 1.82) is 0 Å². The molecule has 0 aliphatic heterocycles. The molecule has 0 unspecified atom stereocenters. The topological polar surface area (TPSA) is 29.5 Å². The minimum atomic E-state index is 0.890. The summed E-state index contributed by atoms with van der Waals surface area (Å²) in [5, 5.41) is 9.23. The Hall–Kier alpha value is -7.10. The maximum absolute atomic E-state index is 6.56. The van der Waals surface area contributed by atoms with Crippen LogP contribution in [0.1, 0.15) is 0 Å². The van der Waals surface area contributed by atoms with Crippen molar-refractivity contribution in [2.45, 2.75) is 0 Å². The van der Waals surface area contributed by atoms with Crippen LogP contribution in [-0.4, -0.2) is 0 Å². The van der Waals surface area contributed by atoms with Crippen LogP contribution in [-0.2, 0) is 0 Å². The second-order valence-electron chi connectivity index (χ2n) is 13.7. The molecular weight excluding hydrogens is 647 g/mol. The zero-order valence-electron chi connectivity index (χ0n) is 28.7. The van der Waals surface area contributed by atoms with E-state index in [1.54, 1.807) is 0 Å². The van der Waals surface area contributed by atoms with E-state index >= 15 is 0 Å². The van der Waals surface area contributed by atoms with Gasteiger partial charge >= 0.3 is 0 Å². The van der Waals surface area contributed by atoms with Crippen LogP contribution >= 0.6 is 0 Å². The van der Waals surface area contributed by atoms with Crippen LogP contribution in [0.2, 0.25) is 0 Å². The molecule has 2 heterocycles. The molecule has 0 aliphatic carbocycles. The molecule has 0 N–H and O–H groups in total. The van der Waals surface area contributed by atoms with Gasteiger partial charge in [0.15, 0.2) is 0 Å². The highest BCUT2D eigenvalue weighted by molar-refractivity contribution is 6.19. The lowest BCUT2D eigenvalue weighted by atomic mass is 9.97. The number of fused-ring (bicyclic) bond motifs is 9. The Labute approximate surface area is 305 Å². The maximum atomic E-state index is 6.56. The van der Waals surface area contributed by atoms with Gasteiger partial charge in [0.25, 0.3) is 0 Å². The van der Waals surface area contributed by atoms with Gasteiger partial charge in [-0.25, -0.2) is 0 Å². The average Bonchev–Trinajstić information content (AvgIpc) is 3.80. The maximum Gasteiger partial charge on any atom is 0.143 e. The number of furan rings is 2. The molecule has 0 amide bonds. The summed E-state index contributed by atoms with van der Waals surface area (Å²) in [4.78, 5) is 2.37. The van der Waals surface area contributed by atoms with Gasteiger partial charge in [0, 0.05) is 43.7 Å². The lowest BCUT2D eigenvalue weighted by Gasteiger charge is -2.27. The van der Waals surface area contributed by atoms with Gasteiger partial charge in [-0.1, -0.05) is 127 Å². The van der Waals surface area contributed by atoms with Gasteiger partial charge in [0.2, 0.25) is 0 Å². The molecule has 53 heavy (non-hydrogen) atoms. The number of anilines is 3. The fourth-order valence-electron chi connectivity index (χ4n) is 8.15. The molecule has 11 aromatic rings. The molecular formula is C50H31NO2. The van der Waals surface area contributed by atoms with Crippen molar-refractivity contribution >= 4 is 82.5 Å². The van der Waals surface area contributed by atoms with E-state index in [-0.39, 0.29) is 0 Å². The largest absolute Gasteiger partial charge is 0.456 e. The monoisotopic (exact) mass is 677 g/mol. The molecule has 0 spiro atoms. The molecule has 11 rings (SSSR count). The number of rotatable bonds is 5. The van der Waals surface area contributed by atoms with E-state index in [0.29, 0.717) is 0 Å². The lowest BCUT2D eigenvalue weighted by molar-refractivity contribution is 0.669. The van der Waals surface area contributed by atoms with Crippen LogP contribution in [0.5, 0.6) is 0 Å². The van der Waals surface area contributed by atoms with Crippen molar-refractivity contribution in [3.8, 4) is 22.3 Å². The van der Waals surface area contributed by atoms with Gasteiger partial charge < -0.3 is 13.7 Å². The summed E-state index contributed by atoms with van der Waals surface area (Å²) in [5.41, 5.74) is 11.4. The van der Waals surface area contributed by atoms with E-state index in [1.807, 2.05) is 12.1 Å². The minimum absolute atomic E-state index is 0.890. The molecule has 248 valence electrons. The first kappa shape index (κ1) is 29.6. The lowest BCUT2D eigenvalue weighted by Crippen LogP contribution is -2.10. The van der Waals surface area contributed by atoms with Crippen LogP contribution in [0.25, 0.3) is 87.7 Å². The molecule has 0 atom stereocenters. The molecule has 0 fully saturated rings. The molecule has 2 aromatic heterocycles. The third-order valence-electron chi connectivity index (χ3n) is 10.6. The van der Waals surface area contributed by atoms with E-state index in [4.69, 9.17) is 8.83 Å². The van der Waals surface area contributed by atoms with E-state index < -0.39 is 0 Å². The van der Waals surface area contributed by atoms with Gasteiger partial charge in [-0.15, -0.1) is 0 Å². The van der Waals surface area contributed by atoms with Crippen LogP contribution in [0.3, 0.4) is 0 Å². The minimum Gasteiger partial charge on any atom is -0.456 e. The van der Waals surface area contributed by atoms with Crippen LogP contribution in [0.4, 0.5) is 17.1 Å². The Bertz CT molecular complexity index is 3180. The molecule has 0 saturated carbocycles. The summed E-state index contributed by atoms with van der Waals surface area (Å²) >= 11 is 0. The fourth-order valence-corrected chi connectivity index (χ4v) is 8.15. The Morgan fingerprint density at radius 3 is 1.89 bits per heavy atom. The number of nitrogens with zero attached hydrogens (tertiary/aromatic N) is 1. The van der Waals surface area contributed by atoms with E-state index in [9.17, 15) is 0 Å². The molecule has 3 heteroatoms. The van der Waals surface area contributed by atoms with Gasteiger partial charge in [0.1, 0.15) is 22.3 Å². The zero-order valence-corrected chi connectivity index (χ0v) is 28.7. The Balaban J connectivity index is 1.06. The predicted octanol–water partition coefficient (Wildman–Crippen LogP) is 14.6. The normalized spacial score (nSPS) is 11.8. The first-order valence-electron chi connectivity index (χ1n) is 18.0. The second-order valence-corrected chi connectivity index (χ2v) is 13.7. The number of benzene rings is 9. The number of hydrogen-bond acceptors (Lipinski definition) is 3. The third kappa shape index (κ3) is 4.75. The zero-order chi connectivity index (χ0) is 34.9. The summed E-state index contributed by atoms with van der Waals surface area (Å²) in [6.45, 7) is 0. The Morgan fingerprint density at radius 2 is 1.00 bits per heavy atom.